The molecule has 23 heteroatoms. The van der Waals surface area contributed by atoms with Crippen molar-refractivity contribution in [2.24, 2.45) is 0 Å². The van der Waals surface area contributed by atoms with Crippen LogP contribution in [-0.2, 0) is 50.9 Å². The molecular formula is C25H49NaO19P3. The first-order valence-corrected chi connectivity index (χ1v) is 19.9. The Balaban J connectivity index is 0.0000221. The van der Waals surface area contributed by atoms with Crippen molar-refractivity contribution in [3.8, 4) is 0 Å². The van der Waals surface area contributed by atoms with Crippen molar-refractivity contribution in [2.75, 3.05) is 13.2 Å². The van der Waals surface area contributed by atoms with E-state index in [1.54, 1.807) is 0 Å². The maximum absolute atomic E-state index is 12.8. The van der Waals surface area contributed by atoms with Crippen LogP contribution in [0.1, 0.15) is 90.9 Å². The Labute approximate surface area is 301 Å². The van der Waals surface area contributed by atoms with Crippen molar-refractivity contribution >= 4 is 65.0 Å². The molecule has 0 saturated heterocycles. The first-order chi connectivity index (χ1) is 21.8. The van der Waals surface area contributed by atoms with Crippen LogP contribution in [0.3, 0.4) is 0 Å². The van der Waals surface area contributed by atoms with Gasteiger partial charge in [0.05, 0.1) is 6.61 Å². The van der Waals surface area contributed by atoms with E-state index in [4.69, 9.17) is 28.3 Å². The third-order valence-corrected chi connectivity index (χ3v) is 8.94. The normalized spacial score (nSPS) is 25.0. The number of esters is 2. The first-order valence-electron chi connectivity index (χ1n) is 15.3. The minimum atomic E-state index is -5.57. The fourth-order valence-corrected chi connectivity index (χ4v) is 6.68. The largest absolute Gasteiger partial charge is 0.472 e. The average Bonchev–Trinajstić information content (AvgIpc) is 2.96. The van der Waals surface area contributed by atoms with Gasteiger partial charge in [-0.3, -0.25) is 27.7 Å². The molecule has 0 spiro atoms. The summed E-state index contributed by atoms with van der Waals surface area (Å²) in [5.41, 5.74) is 0. The smallest absolute Gasteiger partial charge is 0.462 e. The van der Waals surface area contributed by atoms with Crippen molar-refractivity contribution in [2.45, 2.75) is 134 Å². The molecule has 0 heterocycles. The van der Waals surface area contributed by atoms with Gasteiger partial charge in [-0.25, -0.2) is 13.7 Å². The number of carbonyl (C=O) groups is 2. The third kappa shape index (κ3) is 20.3. The molecule has 0 bridgehead atoms. The topological polar surface area (TPSA) is 303 Å². The Morgan fingerprint density at radius 1 is 0.604 bits per heavy atom. The zero-order valence-electron chi connectivity index (χ0n) is 27.4. The van der Waals surface area contributed by atoms with Gasteiger partial charge in [0.25, 0.3) is 0 Å². The summed E-state index contributed by atoms with van der Waals surface area (Å²) >= 11 is 0. The predicted molar refractivity (Wildman–Crippen MR) is 166 cm³/mol. The van der Waals surface area contributed by atoms with Gasteiger partial charge in [0, 0.05) is 42.4 Å². The summed E-state index contributed by atoms with van der Waals surface area (Å²) in [7, 11) is -16.5. The average molecular weight is 770 g/mol. The van der Waals surface area contributed by atoms with E-state index in [0.717, 1.165) is 51.4 Å². The number of ether oxygens (including phenoxy) is 2. The Bertz CT molecular complexity index is 1090. The number of aliphatic hydroxyl groups is 3. The molecular weight excluding hydrogens is 720 g/mol. The summed E-state index contributed by atoms with van der Waals surface area (Å²) in [5, 5.41) is 31.4. The van der Waals surface area contributed by atoms with Crippen LogP contribution in [0.15, 0.2) is 0 Å². The van der Waals surface area contributed by atoms with Gasteiger partial charge in [-0.1, -0.05) is 65.2 Å². The molecule has 1 aliphatic rings. The van der Waals surface area contributed by atoms with Gasteiger partial charge < -0.3 is 49.3 Å². The second-order valence-corrected chi connectivity index (χ2v) is 14.8. The molecule has 0 aromatic carbocycles. The minimum Gasteiger partial charge on any atom is -0.462 e. The van der Waals surface area contributed by atoms with Crippen LogP contribution in [0.4, 0.5) is 0 Å². The predicted octanol–water partition coefficient (Wildman–Crippen LogP) is 1.34. The van der Waals surface area contributed by atoms with Crippen LogP contribution in [0.5, 0.6) is 0 Å². The van der Waals surface area contributed by atoms with Crippen molar-refractivity contribution in [1.29, 1.82) is 0 Å². The van der Waals surface area contributed by atoms with E-state index in [1.807, 2.05) is 13.8 Å². The van der Waals surface area contributed by atoms with E-state index < -0.39 is 91.3 Å². The van der Waals surface area contributed by atoms with Gasteiger partial charge in [-0.15, -0.1) is 0 Å². The molecule has 8 atom stereocenters. The monoisotopic (exact) mass is 769 g/mol. The van der Waals surface area contributed by atoms with E-state index in [0.29, 0.717) is 12.8 Å². The van der Waals surface area contributed by atoms with E-state index in [9.17, 15) is 53.3 Å². The van der Waals surface area contributed by atoms with Gasteiger partial charge in [-0.05, 0) is 12.8 Å². The summed E-state index contributed by atoms with van der Waals surface area (Å²) in [6.07, 6.45) is -7.79. The van der Waals surface area contributed by atoms with E-state index in [-0.39, 0.29) is 42.4 Å². The number of phosphoric acid groups is 3. The van der Waals surface area contributed by atoms with Crippen molar-refractivity contribution < 1.29 is 90.6 Å². The SMILES string of the molecule is CCCCCCCC(=O)OCC(COP(=O)(O)OC1C(O)C(O)C(OP(=O)(O)O)C(OP(=O)(O)O)C1O)OC(=O)CCCCCCC.[Na]. The fourth-order valence-electron chi connectivity index (χ4n) is 4.58. The molecule has 1 aliphatic carbocycles. The van der Waals surface area contributed by atoms with Gasteiger partial charge in [0.15, 0.2) is 6.10 Å². The molecule has 279 valence electrons. The second kappa shape index (κ2) is 23.7. The number of unbranched alkanes of at least 4 members (excludes halogenated alkanes) is 8. The molecule has 0 aliphatic heterocycles. The molecule has 1 rings (SSSR count). The van der Waals surface area contributed by atoms with Crippen molar-refractivity contribution in [3.05, 3.63) is 0 Å². The molecule has 0 amide bonds. The van der Waals surface area contributed by atoms with Gasteiger partial charge in [0.2, 0.25) is 0 Å². The summed E-state index contributed by atoms with van der Waals surface area (Å²) in [6.45, 7) is 2.59. The second-order valence-electron chi connectivity index (χ2n) is 11.1. The molecule has 8 unspecified atom stereocenters. The van der Waals surface area contributed by atoms with Crippen molar-refractivity contribution in [3.63, 3.8) is 0 Å². The van der Waals surface area contributed by atoms with Crippen LogP contribution in [0, 0.1) is 0 Å². The van der Waals surface area contributed by atoms with E-state index >= 15 is 0 Å². The van der Waals surface area contributed by atoms with Crippen LogP contribution < -0.4 is 0 Å². The van der Waals surface area contributed by atoms with Gasteiger partial charge in [-0.2, -0.15) is 0 Å². The van der Waals surface area contributed by atoms with Crippen LogP contribution >= 0.6 is 23.5 Å². The standard InChI is InChI=1S/C25H49O19P3.Na/c1-3-5-7-9-11-13-18(26)39-15-17(41-19(27)14-12-10-8-6-4-2)16-40-47(37,38)44-23-20(28)21(29)24(42-45(31,32)33)25(22(23)30)43-46(34,35)36;/h17,20-25,28-30H,3-16H2,1-2H3,(H,37,38)(H2,31,32,33)(H2,34,35,36);. The zero-order valence-corrected chi connectivity index (χ0v) is 32.0. The third-order valence-electron chi connectivity index (χ3n) is 6.91. The maximum atomic E-state index is 12.8. The number of rotatable bonds is 24. The first kappa shape index (κ1) is 48.1. The quantitative estimate of drug-likeness (QED) is 0.0297. The minimum absolute atomic E-state index is 0. The number of aliphatic hydroxyl groups excluding tert-OH is 3. The Hall–Kier alpha value is 0.150. The molecule has 1 saturated carbocycles. The number of phosphoric ester groups is 3. The molecule has 48 heavy (non-hydrogen) atoms. The molecule has 0 aromatic heterocycles. The number of hydrogen-bond donors (Lipinski definition) is 8. The van der Waals surface area contributed by atoms with Crippen molar-refractivity contribution in [1.82, 2.24) is 0 Å². The Morgan fingerprint density at radius 3 is 1.52 bits per heavy atom. The van der Waals surface area contributed by atoms with Crippen LogP contribution in [0.2, 0.25) is 0 Å². The van der Waals surface area contributed by atoms with Crippen LogP contribution in [0.25, 0.3) is 0 Å². The molecule has 1 fully saturated rings. The van der Waals surface area contributed by atoms with Crippen LogP contribution in [-0.4, -0.2) is 137 Å². The summed E-state index contributed by atoms with van der Waals surface area (Å²) in [6, 6.07) is 0. The zero-order chi connectivity index (χ0) is 35.8. The molecule has 8 N–H and O–H groups in total. The Kier molecular flexibility index (Phi) is 23.7. The summed E-state index contributed by atoms with van der Waals surface area (Å²) in [4.78, 5) is 71.6. The molecule has 1 radical (unpaired) electrons. The summed E-state index contributed by atoms with van der Waals surface area (Å²) in [5.74, 6) is -1.33. The van der Waals surface area contributed by atoms with E-state index in [2.05, 4.69) is 9.05 Å². The fraction of sp³-hybridized carbons (Fsp3) is 0.920. The van der Waals surface area contributed by atoms with E-state index in [1.165, 1.54) is 0 Å². The van der Waals surface area contributed by atoms with Gasteiger partial charge >= 0.3 is 35.4 Å². The molecule has 19 nitrogen and oxygen atoms in total. The summed E-state index contributed by atoms with van der Waals surface area (Å²) < 4.78 is 64.2. The Morgan fingerprint density at radius 2 is 1.04 bits per heavy atom. The maximum Gasteiger partial charge on any atom is 0.472 e. The molecule has 0 aromatic rings. The number of carbonyl (C=O) groups excluding carboxylic acids is 2. The van der Waals surface area contributed by atoms with Gasteiger partial charge in [0.1, 0.15) is 43.2 Å². The number of hydrogen-bond acceptors (Lipinski definition) is 14.